The van der Waals surface area contributed by atoms with Gasteiger partial charge in [-0.3, -0.25) is 4.90 Å². The minimum absolute atomic E-state index is 0.315. The maximum atomic E-state index is 10.0. The number of piperidine rings is 3. The lowest BCUT2D eigenvalue weighted by Gasteiger charge is -2.58. The van der Waals surface area contributed by atoms with E-state index in [9.17, 15) is 5.11 Å². The minimum Gasteiger partial charge on any atom is -0.396 e. The van der Waals surface area contributed by atoms with Gasteiger partial charge in [-0.15, -0.1) is 0 Å². The van der Waals surface area contributed by atoms with Gasteiger partial charge in [0.25, 0.3) is 0 Å². The van der Waals surface area contributed by atoms with Gasteiger partial charge in [-0.25, -0.2) is 0 Å². The molecule has 4 bridgehead atoms. The standard InChI is InChI=1S/C20H24N2O/c1-3-12-10-22-18-9-15-13-6-4-5-7-17(13)21(2)20(15)19(22)8-14(12)16(18)11-23/h3-7,14,16,18-19,23H,8-11H2,1-2H3/t14-,16+,18-,19-/m1/s1. The second kappa shape index (κ2) is 4.71. The molecule has 4 aliphatic rings. The molecule has 120 valence electrons. The van der Waals surface area contributed by atoms with E-state index < -0.39 is 0 Å². The van der Waals surface area contributed by atoms with Crippen molar-refractivity contribution >= 4 is 10.9 Å². The second-order valence-electron chi connectivity index (χ2n) is 7.45. The van der Waals surface area contributed by atoms with E-state index in [1.54, 1.807) is 5.57 Å². The van der Waals surface area contributed by atoms with E-state index in [1.165, 1.54) is 28.6 Å². The van der Waals surface area contributed by atoms with Crippen molar-refractivity contribution in [3.63, 3.8) is 0 Å². The van der Waals surface area contributed by atoms with Crippen molar-refractivity contribution < 1.29 is 5.11 Å². The van der Waals surface area contributed by atoms with Crippen LogP contribution in [0.1, 0.15) is 30.6 Å². The van der Waals surface area contributed by atoms with Gasteiger partial charge in [-0.05, 0) is 37.3 Å². The minimum atomic E-state index is 0.315. The summed E-state index contributed by atoms with van der Waals surface area (Å²) in [4.78, 5) is 2.68. The zero-order valence-electron chi connectivity index (χ0n) is 13.9. The SMILES string of the molecule is CC=C1CN2[C@@H]3C[C@H]1[C@H](CO)[C@H]2Cc1c3n(C)c2ccccc12. The fourth-order valence-electron chi connectivity index (χ4n) is 5.71. The molecule has 4 aliphatic heterocycles. The molecule has 0 radical (unpaired) electrons. The average molecular weight is 308 g/mol. The van der Waals surface area contributed by atoms with Crippen molar-refractivity contribution in [3.8, 4) is 0 Å². The fraction of sp³-hybridized carbons (Fsp3) is 0.500. The Kier molecular flexibility index (Phi) is 2.83. The van der Waals surface area contributed by atoms with E-state index in [0.717, 1.165) is 13.0 Å². The van der Waals surface area contributed by atoms with E-state index >= 15 is 0 Å². The van der Waals surface area contributed by atoms with Crippen molar-refractivity contribution in [2.75, 3.05) is 13.2 Å². The third kappa shape index (κ3) is 1.62. The van der Waals surface area contributed by atoms with Gasteiger partial charge in [0.15, 0.2) is 0 Å². The Bertz CT molecular complexity index is 818. The van der Waals surface area contributed by atoms with Crippen LogP contribution in [-0.4, -0.2) is 33.8 Å². The van der Waals surface area contributed by atoms with Crippen LogP contribution in [0, 0.1) is 11.8 Å². The summed E-state index contributed by atoms with van der Waals surface area (Å²) in [7, 11) is 2.23. The predicted octanol–water partition coefficient (Wildman–Crippen LogP) is 3.03. The van der Waals surface area contributed by atoms with Crippen LogP contribution in [-0.2, 0) is 13.5 Å². The molecule has 1 aromatic carbocycles. The molecule has 0 aliphatic carbocycles. The molecule has 1 N–H and O–H groups in total. The molecule has 3 saturated heterocycles. The van der Waals surface area contributed by atoms with Crippen molar-refractivity contribution in [3.05, 3.63) is 47.2 Å². The maximum absolute atomic E-state index is 10.0. The Morgan fingerprint density at radius 3 is 2.91 bits per heavy atom. The average Bonchev–Trinajstić information content (AvgIpc) is 2.87. The number of hydrogen-bond donors (Lipinski definition) is 1. The number of aryl methyl sites for hydroxylation is 1. The first-order valence-electron chi connectivity index (χ1n) is 8.82. The van der Waals surface area contributed by atoms with Crippen molar-refractivity contribution in [2.45, 2.75) is 31.8 Å². The van der Waals surface area contributed by atoms with Gasteiger partial charge >= 0.3 is 0 Å². The summed E-state index contributed by atoms with van der Waals surface area (Å²) in [6.45, 7) is 3.56. The fourth-order valence-corrected chi connectivity index (χ4v) is 5.71. The van der Waals surface area contributed by atoms with Crippen LogP contribution in [0.2, 0.25) is 0 Å². The summed E-state index contributed by atoms with van der Waals surface area (Å²) in [5.74, 6) is 0.967. The number of allylic oxidation sites excluding steroid dienone is 1. The molecule has 6 rings (SSSR count). The van der Waals surface area contributed by atoms with Gasteiger partial charge in [-0.1, -0.05) is 29.8 Å². The quantitative estimate of drug-likeness (QED) is 0.820. The molecular weight excluding hydrogens is 284 g/mol. The van der Waals surface area contributed by atoms with Crippen molar-refractivity contribution in [1.82, 2.24) is 9.47 Å². The molecule has 3 nitrogen and oxygen atoms in total. The molecule has 0 amide bonds. The van der Waals surface area contributed by atoms with Crippen LogP contribution in [0.15, 0.2) is 35.9 Å². The number of hydrogen-bond acceptors (Lipinski definition) is 2. The monoisotopic (exact) mass is 308 g/mol. The third-order valence-corrected chi connectivity index (χ3v) is 6.73. The molecule has 0 saturated carbocycles. The molecule has 2 aromatic rings. The lowest BCUT2D eigenvalue weighted by molar-refractivity contribution is -0.0513. The highest BCUT2D eigenvalue weighted by molar-refractivity contribution is 5.86. The third-order valence-electron chi connectivity index (χ3n) is 6.73. The van der Waals surface area contributed by atoms with Gasteiger partial charge in [0.2, 0.25) is 0 Å². The van der Waals surface area contributed by atoms with E-state index in [4.69, 9.17) is 0 Å². The van der Waals surface area contributed by atoms with E-state index in [2.05, 4.69) is 53.8 Å². The second-order valence-corrected chi connectivity index (χ2v) is 7.45. The summed E-state index contributed by atoms with van der Waals surface area (Å²) in [5.41, 5.74) is 5.96. The topological polar surface area (TPSA) is 28.4 Å². The number of fused-ring (bicyclic) bond motifs is 4. The number of para-hydroxylation sites is 1. The molecule has 5 atom stereocenters. The molecular formula is C20H24N2O. The molecule has 3 fully saturated rings. The normalized spacial score (nSPS) is 36.7. The van der Waals surface area contributed by atoms with Crippen LogP contribution < -0.4 is 0 Å². The molecule has 1 aromatic heterocycles. The Morgan fingerprint density at radius 2 is 2.13 bits per heavy atom. The Morgan fingerprint density at radius 1 is 1.30 bits per heavy atom. The summed E-state index contributed by atoms with van der Waals surface area (Å²) < 4.78 is 2.43. The van der Waals surface area contributed by atoms with Gasteiger partial charge in [0, 0.05) is 48.8 Å². The van der Waals surface area contributed by atoms with Crippen LogP contribution in [0.5, 0.6) is 0 Å². The van der Waals surface area contributed by atoms with Crippen molar-refractivity contribution in [2.24, 2.45) is 18.9 Å². The Balaban J connectivity index is 1.72. The zero-order valence-corrected chi connectivity index (χ0v) is 13.9. The highest BCUT2D eigenvalue weighted by atomic mass is 16.3. The number of nitrogens with zero attached hydrogens (tertiary/aromatic N) is 2. The first-order chi connectivity index (χ1) is 11.2. The maximum Gasteiger partial charge on any atom is 0.0515 e. The van der Waals surface area contributed by atoms with Crippen LogP contribution in [0.3, 0.4) is 0 Å². The summed E-state index contributed by atoms with van der Waals surface area (Å²) in [6.07, 6.45) is 4.54. The lowest BCUT2D eigenvalue weighted by atomic mass is 9.64. The first-order valence-corrected chi connectivity index (χ1v) is 8.82. The lowest BCUT2D eigenvalue weighted by Crippen LogP contribution is -2.61. The largest absolute Gasteiger partial charge is 0.396 e. The predicted molar refractivity (Wildman–Crippen MR) is 92.3 cm³/mol. The number of aliphatic hydroxyl groups is 1. The smallest absolute Gasteiger partial charge is 0.0515 e. The van der Waals surface area contributed by atoms with E-state index in [-0.39, 0.29) is 0 Å². The first kappa shape index (κ1) is 13.8. The van der Waals surface area contributed by atoms with Gasteiger partial charge < -0.3 is 9.67 Å². The number of aliphatic hydroxyl groups excluding tert-OH is 1. The summed E-state index contributed by atoms with van der Waals surface area (Å²) in [5, 5.41) is 11.5. The van der Waals surface area contributed by atoms with Gasteiger partial charge in [0.1, 0.15) is 0 Å². The van der Waals surface area contributed by atoms with E-state index in [1.807, 2.05) is 0 Å². The number of rotatable bonds is 1. The van der Waals surface area contributed by atoms with Crippen LogP contribution >= 0.6 is 0 Å². The molecule has 3 heteroatoms. The number of aromatic nitrogens is 1. The van der Waals surface area contributed by atoms with E-state index in [0.29, 0.717) is 30.5 Å². The van der Waals surface area contributed by atoms with Crippen LogP contribution in [0.4, 0.5) is 0 Å². The zero-order chi connectivity index (χ0) is 15.7. The van der Waals surface area contributed by atoms with Crippen molar-refractivity contribution in [1.29, 1.82) is 0 Å². The molecule has 1 unspecified atom stereocenters. The molecule has 0 spiro atoms. The number of benzene rings is 1. The molecule has 5 heterocycles. The summed E-state index contributed by atoms with van der Waals surface area (Å²) in [6, 6.07) is 9.84. The Labute approximate surface area is 137 Å². The van der Waals surface area contributed by atoms with Gasteiger partial charge in [-0.2, -0.15) is 0 Å². The highest BCUT2D eigenvalue weighted by Gasteiger charge is 2.52. The summed E-state index contributed by atoms with van der Waals surface area (Å²) >= 11 is 0. The van der Waals surface area contributed by atoms with Crippen LogP contribution in [0.25, 0.3) is 10.9 Å². The molecule has 23 heavy (non-hydrogen) atoms. The Hall–Kier alpha value is -1.58. The highest BCUT2D eigenvalue weighted by Crippen LogP contribution is 2.54. The van der Waals surface area contributed by atoms with Gasteiger partial charge in [0.05, 0.1) is 6.04 Å².